The molecule has 4 rings (SSSR count). The highest BCUT2D eigenvalue weighted by Gasteiger charge is 2.28. The van der Waals surface area contributed by atoms with E-state index in [1.54, 1.807) is 11.6 Å². The molecule has 1 N–H and O–H groups in total. The van der Waals surface area contributed by atoms with Crippen LogP contribution in [0.2, 0.25) is 5.15 Å². The summed E-state index contributed by atoms with van der Waals surface area (Å²) in [6, 6.07) is 9.79. The Morgan fingerprint density at radius 3 is 2.67 bits per heavy atom. The minimum absolute atomic E-state index is 0.273. The molecular weight excluding hydrogens is 422 g/mol. The minimum Gasteiger partial charge on any atom is -0.465 e. The number of carbonyl (C=O) groups is 2. The lowest BCUT2D eigenvalue weighted by Gasteiger charge is -2.11. The van der Waals surface area contributed by atoms with Crippen LogP contribution in [0.3, 0.4) is 0 Å². The van der Waals surface area contributed by atoms with E-state index in [9.17, 15) is 9.59 Å². The maximum atomic E-state index is 13.1. The van der Waals surface area contributed by atoms with Crippen LogP contribution in [0.4, 0.5) is 5.00 Å². The van der Waals surface area contributed by atoms with Gasteiger partial charge < -0.3 is 10.1 Å². The monoisotopic (exact) mass is 443 g/mol. The first-order chi connectivity index (χ1) is 14.5. The third-order valence-corrected chi connectivity index (χ3v) is 6.85. The van der Waals surface area contributed by atoms with Crippen molar-refractivity contribution >= 4 is 39.8 Å². The number of halogens is 1. The van der Waals surface area contributed by atoms with E-state index in [1.165, 1.54) is 18.4 Å². The van der Waals surface area contributed by atoms with E-state index >= 15 is 0 Å². The van der Waals surface area contributed by atoms with Gasteiger partial charge in [0.1, 0.15) is 10.2 Å². The predicted molar refractivity (Wildman–Crippen MR) is 118 cm³/mol. The van der Waals surface area contributed by atoms with Gasteiger partial charge in [0, 0.05) is 4.88 Å². The number of ether oxygens (including phenoxy) is 1. The Bertz CT molecular complexity index is 1100. The predicted octanol–water partition coefficient (Wildman–Crippen LogP) is 4.87. The van der Waals surface area contributed by atoms with Gasteiger partial charge >= 0.3 is 5.97 Å². The average Bonchev–Trinajstić information content (AvgIpc) is 3.24. The number of fused-ring (bicyclic) bond motifs is 1. The molecule has 0 spiro atoms. The Labute approximate surface area is 183 Å². The number of amides is 1. The standard InChI is InChI=1S/C22H22ClN3O3S/c1-13-17(19(23)26(25-13)12-14-8-4-3-5-9-14)20(27)24-21-18(22(28)29-2)15-10-6-7-11-16(15)30-21/h3-5,8-9H,6-7,10-12H2,1-2H3,(H,24,27). The third-order valence-electron chi connectivity index (χ3n) is 5.26. The fourth-order valence-corrected chi connectivity index (χ4v) is 5.40. The summed E-state index contributed by atoms with van der Waals surface area (Å²) in [6.45, 7) is 2.22. The number of hydrogen-bond acceptors (Lipinski definition) is 5. The summed E-state index contributed by atoms with van der Waals surface area (Å²) in [5.74, 6) is -0.798. The van der Waals surface area contributed by atoms with Gasteiger partial charge in [-0.25, -0.2) is 9.48 Å². The second kappa shape index (κ2) is 8.62. The molecule has 156 valence electrons. The largest absolute Gasteiger partial charge is 0.465 e. The number of rotatable bonds is 5. The zero-order chi connectivity index (χ0) is 21.3. The molecule has 6 nitrogen and oxygen atoms in total. The number of methoxy groups -OCH3 is 1. The summed E-state index contributed by atoms with van der Waals surface area (Å²) >= 11 is 7.97. The Hall–Kier alpha value is -2.64. The fraction of sp³-hybridized carbons (Fsp3) is 0.318. The summed E-state index contributed by atoms with van der Waals surface area (Å²) in [6.07, 6.45) is 3.84. The van der Waals surface area contributed by atoms with Crippen LogP contribution in [0.5, 0.6) is 0 Å². The van der Waals surface area contributed by atoms with Crippen LogP contribution >= 0.6 is 22.9 Å². The van der Waals surface area contributed by atoms with Gasteiger partial charge in [0.15, 0.2) is 0 Å². The molecule has 1 aliphatic rings. The molecule has 0 bridgehead atoms. The van der Waals surface area contributed by atoms with Crippen molar-refractivity contribution in [1.82, 2.24) is 9.78 Å². The summed E-state index contributed by atoms with van der Waals surface area (Å²) in [5.41, 5.74) is 3.35. The first-order valence-corrected chi connectivity index (χ1v) is 11.0. The van der Waals surface area contributed by atoms with Crippen molar-refractivity contribution in [3.8, 4) is 0 Å². The van der Waals surface area contributed by atoms with Crippen LogP contribution in [-0.2, 0) is 24.1 Å². The molecule has 0 saturated heterocycles. The van der Waals surface area contributed by atoms with E-state index in [-0.39, 0.29) is 11.1 Å². The van der Waals surface area contributed by atoms with Gasteiger partial charge in [-0.3, -0.25) is 4.79 Å². The molecule has 2 aromatic heterocycles. The summed E-state index contributed by atoms with van der Waals surface area (Å²) < 4.78 is 6.59. The van der Waals surface area contributed by atoms with E-state index in [4.69, 9.17) is 16.3 Å². The minimum atomic E-state index is -0.424. The average molecular weight is 444 g/mol. The van der Waals surface area contributed by atoms with Crippen molar-refractivity contribution in [2.24, 2.45) is 0 Å². The second-order valence-electron chi connectivity index (χ2n) is 7.26. The van der Waals surface area contributed by atoms with Crippen LogP contribution in [0.1, 0.15) is 55.3 Å². The molecule has 0 radical (unpaired) electrons. The van der Waals surface area contributed by atoms with E-state index in [2.05, 4.69) is 10.4 Å². The number of esters is 1. The lowest BCUT2D eigenvalue weighted by Crippen LogP contribution is -2.16. The van der Waals surface area contributed by atoms with Crippen LogP contribution < -0.4 is 5.32 Å². The zero-order valence-electron chi connectivity index (χ0n) is 16.8. The quantitative estimate of drug-likeness (QED) is 0.571. The van der Waals surface area contributed by atoms with Crippen LogP contribution in [0, 0.1) is 6.92 Å². The van der Waals surface area contributed by atoms with Gasteiger partial charge in [-0.05, 0) is 43.7 Å². The number of anilines is 1. The number of nitrogens with zero attached hydrogens (tertiary/aromatic N) is 2. The summed E-state index contributed by atoms with van der Waals surface area (Å²) in [7, 11) is 1.36. The lowest BCUT2D eigenvalue weighted by atomic mass is 9.95. The molecule has 1 aromatic carbocycles. The highest BCUT2D eigenvalue weighted by atomic mass is 35.5. The van der Waals surface area contributed by atoms with Crippen LogP contribution in [0.15, 0.2) is 30.3 Å². The fourth-order valence-electron chi connectivity index (χ4n) is 3.81. The number of carbonyl (C=O) groups excluding carboxylic acids is 2. The van der Waals surface area contributed by atoms with E-state index in [0.29, 0.717) is 28.4 Å². The Morgan fingerprint density at radius 1 is 1.20 bits per heavy atom. The normalized spacial score (nSPS) is 13.0. The number of aromatic nitrogens is 2. The Balaban J connectivity index is 1.64. The summed E-state index contributed by atoms with van der Waals surface area (Å²) in [5, 5.41) is 8.13. The molecule has 0 fully saturated rings. The molecule has 0 saturated carbocycles. The van der Waals surface area contributed by atoms with Crippen LogP contribution in [0.25, 0.3) is 0 Å². The van der Waals surface area contributed by atoms with Crippen molar-refractivity contribution in [2.45, 2.75) is 39.2 Å². The molecule has 3 aromatic rings. The molecule has 0 atom stereocenters. The SMILES string of the molecule is COC(=O)c1c(NC(=O)c2c(C)nn(Cc3ccccc3)c2Cl)sc2c1CCCC2. The highest BCUT2D eigenvalue weighted by Crippen LogP contribution is 2.39. The molecular formula is C22H22ClN3O3S. The van der Waals surface area contributed by atoms with Crippen molar-refractivity contribution in [3.63, 3.8) is 0 Å². The molecule has 0 aliphatic heterocycles. The third kappa shape index (κ3) is 3.87. The maximum absolute atomic E-state index is 13.1. The van der Waals surface area contributed by atoms with Crippen molar-refractivity contribution in [2.75, 3.05) is 12.4 Å². The molecule has 0 unspecified atom stereocenters. The first kappa shape index (κ1) is 20.6. The van der Waals surface area contributed by atoms with Gasteiger partial charge in [-0.1, -0.05) is 41.9 Å². The zero-order valence-corrected chi connectivity index (χ0v) is 18.4. The summed E-state index contributed by atoms with van der Waals surface area (Å²) in [4.78, 5) is 26.7. The van der Waals surface area contributed by atoms with E-state index in [0.717, 1.165) is 41.7 Å². The molecule has 2 heterocycles. The van der Waals surface area contributed by atoms with Crippen molar-refractivity contribution in [3.05, 3.63) is 68.3 Å². The van der Waals surface area contributed by atoms with Gasteiger partial charge in [-0.2, -0.15) is 5.10 Å². The van der Waals surface area contributed by atoms with Crippen molar-refractivity contribution < 1.29 is 14.3 Å². The van der Waals surface area contributed by atoms with Gasteiger partial charge in [0.25, 0.3) is 5.91 Å². The number of benzene rings is 1. The van der Waals surface area contributed by atoms with E-state index < -0.39 is 5.97 Å². The van der Waals surface area contributed by atoms with Gasteiger partial charge in [-0.15, -0.1) is 11.3 Å². The maximum Gasteiger partial charge on any atom is 0.341 e. The van der Waals surface area contributed by atoms with E-state index in [1.807, 2.05) is 30.3 Å². The van der Waals surface area contributed by atoms with Crippen LogP contribution in [-0.4, -0.2) is 28.8 Å². The molecule has 1 amide bonds. The topological polar surface area (TPSA) is 73.2 Å². The molecule has 30 heavy (non-hydrogen) atoms. The number of nitrogens with one attached hydrogen (secondary N) is 1. The Morgan fingerprint density at radius 2 is 1.93 bits per heavy atom. The smallest absolute Gasteiger partial charge is 0.341 e. The first-order valence-electron chi connectivity index (χ1n) is 9.80. The number of aryl methyl sites for hydroxylation is 2. The number of thiophene rings is 1. The van der Waals surface area contributed by atoms with Gasteiger partial charge in [0.05, 0.1) is 30.5 Å². The highest BCUT2D eigenvalue weighted by molar-refractivity contribution is 7.17. The Kier molecular flexibility index (Phi) is 5.92. The van der Waals surface area contributed by atoms with Gasteiger partial charge in [0.2, 0.25) is 0 Å². The molecule has 1 aliphatic carbocycles. The second-order valence-corrected chi connectivity index (χ2v) is 8.72. The lowest BCUT2D eigenvalue weighted by molar-refractivity contribution is 0.0601. The van der Waals surface area contributed by atoms with Crippen molar-refractivity contribution in [1.29, 1.82) is 0 Å². The molecule has 8 heteroatoms. The number of hydrogen-bond donors (Lipinski definition) is 1.